The van der Waals surface area contributed by atoms with Gasteiger partial charge in [0.2, 0.25) is 11.8 Å². The largest absolute Gasteiger partial charge is 0.451 e. The standard InChI is InChI=1S/2C24H33N5O4/c2*1-4-6-16-7-8-20-21-18(12-28(20)24(16)32)19(13-30)22(23(31)25-9-5-10-27(2)3)29(21)11-17-14-33-15-26-17/h2*4,6-8,14-15,18-19,21-22,30H,5,9-13H2,1-3H3,(H,25,31)/b6-4+;6-4-/t2*18-,19-,21+,22-/m11/s1. The maximum atomic E-state index is 13.3. The number of nitrogens with zero attached hydrogens (tertiary/aromatic N) is 8. The summed E-state index contributed by atoms with van der Waals surface area (Å²) in [5, 5.41) is 26.9. The topological polar surface area (TPSA) is 208 Å². The highest BCUT2D eigenvalue weighted by Crippen LogP contribution is 2.51. The van der Waals surface area contributed by atoms with Gasteiger partial charge in [-0.25, -0.2) is 9.97 Å². The molecule has 0 spiro atoms. The lowest BCUT2D eigenvalue weighted by Gasteiger charge is -2.30. The van der Waals surface area contributed by atoms with Gasteiger partial charge in [-0.15, -0.1) is 0 Å². The lowest BCUT2D eigenvalue weighted by atomic mass is 9.88. The monoisotopic (exact) mass is 911 g/mol. The van der Waals surface area contributed by atoms with E-state index >= 15 is 0 Å². The fraction of sp³-hybridized carbons (Fsp3) is 0.542. The smallest absolute Gasteiger partial charge is 0.258 e. The maximum Gasteiger partial charge on any atom is 0.258 e. The minimum atomic E-state index is -0.514. The number of carbonyl (C=O) groups excluding carboxylic acids is 2. The number of fused-ring (bicyclic) bond motifs is 6. The van der Waals surface area contributed by atoms with Gasteiger partial charge in [-0.2, -0.15) is 0 Å². The fourth-order valence-corrected chi connectivity index (χ4v) is 10.6. The summed E-state index contributed by atoms with van der Waals surface area (Å²) in [4.78, 5) is 69.7. The molecule has 66 heavy (non-hydrogen) atoms. The summed E-state index contributed by atoms with van der Waals surface area (Å²) >= 11 is 0. The number of aliphatic hydroxyl groups excluding tert-OH is 2. The van der Waals surface area contributed by atoms with E-state index in [9.17, 15) is 29.4 Å². The quantitative estimate of drug-likeness (QED) is 0.106. The number of carbonyl (C=O) groups is 2. The molecule has 0 bridgehead atoms. The second-order valence-electron chi connectivity index (χ2n) is 18.3. The molecule has 4 aliphatic heterocycles. The van der Waals surface area contributed by atoms with Gasteiger partial charge >= 0.3 is 0 Å². The molecular formula is C48H66N10O8. The van der Waals surface area contributed by atoms with E-state index in [1.807, 2.05) is 90.6 Å². The molecule has 356 valence electrons. The Morgan fingerprint density at radius 3 is 1.44 bits per heavy atom. The van der Waals surface area contributed by atoms with E-state index < -0.39 is 12.1 Å². The Bertz CT molecular complexity index is 2260. The van der Waals surface area contributed by atoms with Crippen LogP contribution in [0.1, 0.15) is 72.7 Å². The molecule has 4 aliphatic rings. The van der Waals surface area contributed by atoms with Crippen LogP contribution in [0.3, 0.4) is 0 Å². The van der Waals surface area contributed by atoms with Crippen LogP contribution >= 0.6 is 0 Å². The summed E-state index contributed by atoms with van der Waals surface area (Å²) < 4.78 is 13.9. The molecule has 4 aromatic rings. The van der Waals surface area contributed by atoms with Crippen molar-refractivity contribution in [1.82, 2.24) is 49.3 Å². The van der Waals surface area contributed by atoms with Crippen LogP contribution in [0.25, 0.3) is 12.2 Å². The van der Waals surface area contributed by atoms with E-state index in [0.717, 1.165) is 37.3 Å². The third kappa shape index (κ3) is 10.1. The summed E-state index contributed by atoms with van der Waals surface area (Å²) in [6.07, 6.45) is 14.9. The number of rotatable bonds is 18. The molecule has 2 amide bonds. The summed E-state index contributed by atoms with van der Waals surface area (Å²) in [6.45, 7) is 8.18. The number of amides is 2. The van der Waals surface area contributed by atoms with Crippen molar-refractivity contribution in [2.45, 2.75) is 77.0 Å². The Hall–Kier alpha value is -5.50. The zero-order valence-electron chi connectivity index (χ0n) is 39.0. The average molecular weight is 911 g/mol. The van der Waals surface area contributed by atoms with Crippen molar-refractivity contribution in [2.24, 2.45) is 23.7 Å². The normalized spacial score (nSPS) is 24.5. The number of allylic oxidation sites excluding steroid dienone is 2. The Morgan fingerprint density at radius 1 is 0.697 bits per heavy atom. The minimum Gasteiger partial charge on any atom is -0.451 e. The third-order valence-corrected chi connectivity index (χ3v) is 13.5. The molecule has 0 aromatic carbocycles. The molecule has 0 radical (unpaired) electrons. The SMILES string of the molecule is C/C=C/c1ccc2n(c1=O)C[C@@H]1[C@@H](CO)[C@H](C(=O)NCCCN(C)C)N(Cc3cocn3)[C@H]21.C/C=C\c1ccc2n(c1=O)C[C@@H]1[C@@H](CO)[C@H](C(=O)NCCCN(C)C)N(Cc3cocn3)[C@H]21. The molecule has 4 N–H and O–H groups in total. The number of hydrogen-bond donors (Lipinski definition) is 4. The van der Waals surface area contributed by atoms with E-state index in [-0.39, 0.29) is 71.9 Å². The molecule has 2 fully saturated rings. The number of aromatic nitrogens is 4. The van der Waals surface area contributed by atoms with Gasteiger partial charge in [0.15, 0.2) is 12.8 Å². The van der Waals surface area contributed by atoms with Gasteiger partial charge in [-0.1, -0.05) is 24.3 Å². The van der Waals surface area contributed by atoms with Crippen molar-refractivity contribution in [2.75, 3.05) is 67.6 Å². The first-order valence-electron chi connectivity index (χ1n) is 23.0. The van der Waals surface area contributed by atoms with Crippen LogP contribution < -0.4 is 21.8 Å². The lowest BCUT2D eigenvalue weighted by molar-refractivity contribution is -0.128. The van der Waals surface area contributed by atoms with E-state index in [0.29, 0.717) is 61.8 Å². The van der Waals surface area contributed by atoms with Gasteiger partial charge in [0.1, 0.15) is 12.5 Å². The van der Waals surface area contributed by atoms with E-state index in [1.165, 1.54) is 12.8 Å². The Kier molecular flexibility index (Phi) is 16.0. The minimum absolute atomic E-state index is 0.0391. The molecule has 8 rings (SSSR count). The van der Waals surface area contributed by atoms with Gasteiger partial charge in [0, 0.05) is 98.7 Å². The van der Waals surface area contributed by atoms with E-state index in [1.54, 1.807) is 21.7 Å². The molecule has 18 nitrogen and oxygen atoms in total. The molecule has 18 heteroatoms. The summed E-state index contributed by atoms with van der Waals surface area (Å²) in [6, 6.07) is 6.28. The molecule has 8 heterocycles. The predicted octanol–water partition coefficient (Wildman–Crippen LogP) is 2.20. The Labute approximate surface area is 385 Å². The number of nitrogens with one attached hydrogen (secondary N) is 2. The van der Waals surface area contributed by atoms with Gasteiger partial charge in [0.25, 0.3) is 11.1 Å². The highest BCUT2D eigenvalue weighted by molar-refractivity contribution is 5.83. The van der Waals surface area contributed by atoms with Crippen LogP contribution in [0, 0.1) is 23.7 Å². The van der Waals surface area contributed by atoms with Crippen LogP contribution in [0.4, 0.5) is 0 Å². The van der Waals surface area contributed by atoms with Crippen molar-refractivity contribution in [3.05, 3.63) is 116 Å². The van der Waals surface area contributed by atoms with Gasteiger partial charge in [-0.3, -0.25) is 29.0 Å². The zero-order valence-corrected chi connectivity index (χ0v) is 39.0. The molecule has 4 aromatic heterocycles. The lowest BCUT2D eigenvalue weighted by Crippen LogP contribution is -2.48. The summed E-state index contributed by atoms with van der Waals surface area (Å²) in [5.41, 5.74) is 4.38. The van der Waals surface area contributed by atoms with Crippen LogP contribution in [0.15, 0.2) is 80.2 Å². The van der Waals surface area contributed by atoms with Crippen molar-refractivity contribution >= 4 is 24.0 Å². The van der Waals surface area contributed by atoms with Crippen LogP contribution in [0.5, 0.6) is 0 Å². The van der Waals surface area contributed by atoms with Crippen molar-refractivity contribution in [1.29, 1.82) is 0 Å². The highest BCUT2D eigenvalue weighted by Gasteiger charge is 2.57. The average Bonchev–Trinajstić information content (AvgIpc) is 4.16. The molecule has 8 atom stereocenters. The molecule has 0 aliphatic carbocycles. The summed E-state index contributed by atoms with van der Waals surface area (Å²) in [5.74, 6) is -0.864. The van der Waals surface area contributed by atoms with Crippen molar-refractivity contribution in [3.63, 3.8) is 0 Å². The van der Waals surface area contributed by atoms with Crippen LogP contribution in [-0.4, -0.2) is 140 Å². The maximum absolute atomic E-state index is 13.3. The highest BCUT2D eigenvalue weighted by atomic mass is 16.3. The van der Waals surface area contributed by atoms with Crippen molar-refractivity contribution < 1.29 is 28.6 Å². The number of oxazole rings is 2. The third-order valence-electron chi connectivity index (χ3n) is 13.5. The molecule has 0 saturated carbocycles. The second kappa shape index (κ2) is 21.9. The molecule has 0 unspecified atom stereocenters. The zero-order chi connectivity index (χ0) is 47.1. The first-order chi connectivity index (χ1) is 31.9. The first-order valence-corrected chi connectivity index (χ1v) is 23.0. The van der Waals surface area contributed by atoms with Gasteiger partial charge < -0.3 is 48.6 Å². The van der Waals surface area contributed by atoms with Gasteiger partial charge in [0.05, 0.1) is 35.6 Å². The van der Waals surface area contributed by atoms with Crippen LogP contribution in [-0.2, 0) is 35.8 Å². The predicted molar refractivity (Wildman–Crippen MR) is 248 cm³/mol. The number of pyridine rings is 2. The van der Waals surface area contributed by atoms with Crippen molar-refractivity contribution in [3.8, 4) is 0 Å². The fourth-order valence-electron chi connectivity index (χ4n) is 10.6. The molecular weight excluding hydrogens is 845 g/mol. The Morgan fingerprint density at radius 2 is 1.11 bits per heavy atom. The van der Waals surface area contributed by atoms with Gasteiger partial charge in [-0.05, 0) is 92.2 Å². The van der Waals surface area contributed by atoms with E-state index in [4.69, 9.17) is 8.83 Å². The second-order valence-corrected chi connectivity index (χ2v) is 18.3. The first kappa shape index (κ1) is 48.4. The number of aliphatic hydroxyl groups is 2. The molecule has 2 saturated heterocycles. The van der Waals surface area contributed by atoms with Crippen LogP contribution in [0.2, 0.25) is 0 Å². The Balaban J connectivity index is 0.000000196. The summed E-state index contributed by atoms with van der Waals surface area (Å²) in [7, 11) is 8.01. The number of likely N-dealkylation sites (tertiary alicyclic amines) is 2. The van der Waals surface area contributed by atoms with E-state index in [2.05, 4.69) is 40.2 Å². The number of hydrogen-bond acceptors (Lipinski definition) is 14.